The predicted octanol–water partition coefficient (Wildman–Crippen LogP) is 3.63. The second kappa shape index (κ2) is 4.78. The lowest BCUT2D eigenvalue weighted by Gasteiger charge is -2.14. The topological polar surface area (TPSA) is 50.9 Å². The molecule has 1 fully saturated rings. The maximum absolute atomic E-state index is 13.5. The number of nitrogens with zero attached hydrogens (tertiary/aromatic N) is 1. The molecule has 0 aliphatic heterocycles. The summed E-state index contributed by atoms with van der Waals surface area (Å²) in [7, 11) is 0. The third kappa shape index (κ3) is 2.16. The van der Waals surface area contributed by atoms with Gasteiger partial charge in [-0.2, -0.15) is 0 Å². The van der Waals surface area contributed by atoms with Crippen LogP contribution in [0, 0.1) is 12.7 Å². The van der Waals surface area contributed by atoms with Gasteiger partial charge in [-0.25, -0.2) is 4.39 Å². The minimum absolute atomic E-state index is 0.253. The summed E-state index contributed by atoms with van der Waals surface area (Å²) in [5.41, 5.74) is 6.22. The summed E-state index contributed by atoms with van der Waals surface area (Å²) in [4.78, 5) is 4.74. The van der Waals surface area contributed by atoms with E-state index in [0.717, 1.165) is 27.8 Å². The molecule has 0 spiro atoms. The average Bonchev–Trinajstić information content (AvgIpc) is 2.91. The molecule has 1 heterocycles. The van der Waals surface area contributed by atoms with Gasteiger partial charge >= 0.3 is 0 Å². The molecule has 1 saturated carbocycles. The lowest BCUT2D eigenvalue weighted by atomic mass is 10.0. The van der Waals surface area contributed by atoms with Crippen LogP contribution in [-0.2, 0) is 0 Å². The fourth-order valence-corrected chi connectivity index (χ4v) is 3.03. The predicted molar refractivity (Wildman–Crippen MR) is 75.5 cm³/mol. The highest BCUT2D eigenvalue weighted by Gasteiger charge is 2.20. The lowest BCUT2D eigenvalue weighted by Crippen LogP contribution is -2.09. The minimum atomic E-state index is -0.253. The monoisotopic (exact) mass is 259 g/mol. The second-order valence-corrected chi connectivity index (χ2v) is 5.34. The zero-order valence-electron chi connectivity index (χ0n) is 11.0. The van der Waals surface area contributed by atoms with Gasteiger partial charge in [-0.3, -0.25) is 10.8 Å². The number of nitrogen functional groups attached to an aromatic ring is 1. The first-order valence-electron chi connectivity index (χ1n) is 6.76. The standard InChI is InChI=1S/C15H18FN3/c1-9-6-11(16)7-12-14(19-17)8-13(18-15(9)12)10-4-2-3-5-10/h6-8,10H,2-5,17H2,1H3,(H,18,19). The van der Waals surface area contributed by atoms with Crippen LogP contribution in [0.4, 0.5) is 10.1 Å². The average molecular weight is 259 g/mol. The number of hydrazine groups is 1. The first-order valence-corrected chi connectivity index (χ1v) is 6.76. The Bertz CT molecular complexity index is 618. The van der Waals surface area contributed by atoms with E-state index >= 15 is 0 Å². The number of hydrogen-bond acceptors (Lipinski definition) is 3. The van der Waals surface area contributed by atoms with Crippen molar-refractivity contribution in [1.29, 1.82) is 0 Å². The van der Waals surface area contributed by atoms with Crippen LogP contribution in [0.2, 0.25) is 0 Å². The summed E-state index contributed by atoms with van der Waals surface area (Å²) in [5.74, 6) is 5.85. The lowest BCUT2D eigenvalue weighted by molar-refractivity contribution is 0.628. The highest BCUT2D eigenvalue weighted by atomic mass is 19.1. The number of rotatable bonds is 2. The van der Waals surface area contributed by atoms with Crippen LogP contribution >= 0.6 is 0 Å². The number of aryl methyl sites for hydroxylation is 1. The van der Waals surface area contributed by atoms with Crippen LogP contribution in [-0.4, -0.2) is 4.98 Å². The van der Waals surface area contributed by atoms with E-state index in [2.05, 4.69) is 5.43 Å². The molecule has 2 aromatic rings. The van der Waals surface area contributed by atoms with Crippen LogP contribution in [0.1, 0.15) is 42.9 Å². The largest absolute Gasteiger partial charge is 0.323 e. The van der Waals surface area contributed by atoms with E-state index in [0.29, 0.717) is 5.92 Å². The van der Waals surface area contributed by atoms with Gasteiger partial charge in [0.25, 0.3) is 0 Å². The Labute approximate surface area is 112 Å². The van der Waals surface area contributed by atoms with Crippen molar-refractivity contribution in [3.8, 4) is 0 Å². The van der Waals surface area contributed by atoms with Crippen LogP contribution < -0.4 is 11.3 Å². The van der Waals surface area contributed by atoms with Crippen LogP contribution in [0.5, 0.6) is 0 Å². The van der Waals surface area contributed by atoms with Crippen LogP contribution in [0.3, 0.4) is 0 Å². The molecule has 0 unspecified atom stereocenters. The van der Waals surface area contributed by atoms with Gasteiger partial charge in [0.05, 0.1) is 11.2 Å². The normalized spacial score (nSPS) is 16.2. The summed E-state index contributed by atoms with van der Waals surface area (Å²) in [6.07, 6.45) is 4.89. The highest BCUT2D eigenvalue weighted by Crippen LogP contribution is 2.36. The van der Waals surface area contributed by atoms with E-state index in [1.807, 2.05) is 13.0 Å². The fourth-order valence-electron chi connectivity index (χ4n) is 3.03. The van der Waals surface area contributed by atoms with Crippen molar-refractivity contribution in [3.05, 3.63) is 35.3 Å². The van der Waals surface area contributed by atoms with Gasteiger partial charge in [-0.1, -0.05) is 12.8 Å². The molecule has 1 aliphatic rings. The molecular formula is C15H18FN3. The molecule has 0 saturated heterocycles. The van der Waals surface area contributed by atoms with E-state index in [-0.39, 0.29) is 5.82 Å². The fraction of sp³-hybridized carbons (Fsp3) is 0.400. The molecule has 0 atom stereocenters. The maximum atomic E-state index is 13.5. The van der Waals surface area contributed by atoms with Crippen molar-refractivity contribution in [3.63, 3.8) is 0 Å². The summed E-state index contributed by atoms with van der Waals surface area (Å²) in [6.45, 7) is 1.89. The molecular weight excluding hydrogens is 241 g/mol. The van der Waals surface area contributed by atoms with Gasteiger partial charge in [-0.15, -0.1) is 0 Å². The smallest absolute Gasteiger partial charge is 0.124 e. The number of hydrogen-bond donors (Lipinski definition) is 2. The quantitative estimate of drug-likeness (QED) is 0.639. The summed E-state index contributed by atoms with van der Waals surface area (Å²) in [5, 5.41) is 0.752. The summed E-state index contributed by atoms with van der Waals surface area (Å²) in [6, 6.07) is 4.98. The Morgan fingerprint density at radius 3 is 2.68 bits per heavy atom. The number of anilines is 1. The van der Waals surface area contributed by atoms with Gasteiger partial charge in [-0.05, 0) is 43.5 Å². The molecule has 3 nitrogen and oxygen atoms in total. The van der Waals surface area contributed by atoms with E-state index in [9.17, 15) is 4.39 Å². The van der Waals surface area contributed by atoms with Gasteiger partial charge < -0.3 is 5.43 Å². The van der Waals surface area contributed by atoms with E-state index in [1.165, 1.54) is 37.8 Å². The highest BCUT2D eigenvalue weighted by molar-refractivity contribution is 5.93. The molecule has 1 aromatic carbocycles. The van der Waals surface area contributed by atoms with Crippen molar-refractivity contribution >= 4 is 16.6 Å². The number of fused-ring (bicyclic) bond motifs is 1. The van der Waals surface area contributed by atoms with Crippen molar-refractivity contribution < 1.29 is 4.39 Å². The van der Waals surface area contributed by atoms with Crippen molar-refractivity contribution in [2.75, 3.05) is 5.43 Å². The molecule has 1 aliphatic carbocycles. The SMILES string of the molecule is Cc1cc(F)cc2c(NN)cc(C3CCCC3)nc12. The zero-order chi connectivity index (χ0) is 13.4. The third-order valence-electron chi connectivity index (χ3n) is 4.02. The number of pyridine rings is 1. The van der Waals surface area contributed by atoms with Crippen molar-refractivity contribution in [1.82, 2.24) is 4.98 Å². The summed E-state index contributed by atoms with van der Waals surface area (Å²) >= 11 is 0. The molecule has 19 heavy (non-hydrogen) atoms. The molecule has 3 N–H and O–H groups in total. The molecule has 100 valence electrons. The van der Waals surface area contributed by atoms with E-state index in [4.69, 9.17) is 10.8 Å². The summed E-state index contributed by atoms with van der Waals surface area (Å²) < 4.78 is 13.5. The van der Waals surface area contributed by atoms with Crippen LogP contribution in [0.15, 0.2) is 18.2 Å². The van der Waals surface area contributed by atoms with Gasteiger partial charge in [0, 0.05) is 17.0 Å². The minimum Gasteiger partial charge on any atom is -0.323 e. The number of aromatic nitrogens is 1. The van der Waals surface area contributed by atoms with Gasteiger partial charge in [0.2, 0.25) is 0 Å². The Balaban J connectivity index is 2.21. The molecule has 4 heteroatoms. The number of halogens is 1. The number of nitrogens with one attached hydrogen (secondary N) is 1. The zero-order valence-corrected chi connectivity index (χ0v) is 11.0. The molecule has 0 radical (unpaired) electrons. The number of nitrogens with two attached hydrogens (primary N) is 1. The van der Waals surface area contributed by atoms with Gasteiger partial charge in [0.15, 0.2) is 0 Å². The Hall–Kier alpha value is -1.68. The first kappa shape index (κ1) is 12.4. The molecule has 0 bridgehead atoms. The third-order valence-corrected chi connectivity index (χ3v) is 4.02. The Morgan fingerprint density at radius 1 is 1.26 bits per heavy atom. The Morgan fingerprint density at radius 2 is 2.00 bits per heavy atom. The first-order chi connectivity index (χ1) is 9.19. The van der Waals surface area contributed by atoms with Crippen LogP contribution in [0.25, 0.3) is 10.9 Å². The molecule has 1 aromatic heterocycles. The van der Waals surface area contributed by atoms with Crippen molar-refractivity contribution in [2.24, 2.45) is 5.84 Å². The Kier molecular flexibility index (Phi) is 3.11. The van der Waals surface area contributed by atoms with Gasteiger partial charge in [0.1, 0.15) is 5.82 Å². The van der Waals surface area contributed by atoms with Crippen molar-refractivity contribution in [2.45, 2.75) is 38.5 Å². The van der Waals surface area contributed by atoms with E-state index in [1.54, 1.807) is 0 Å². The molecule has 0 amide bonds. The second-order valence-electron chi connectivity index (χ2n) is 5.34. The molecule has 3 rings (SSSR count). The number of benzene rings is 1. The van der Waals surface area contributed by atoms with E-state index < -0.39 is 0 Å². The maximum Gasteiger partial charge on any atom is 0.124 e.